The van der Waals surface area contributed by atoms with Gasteiger partial charge in [0.2, 0.25) is 0 Å². The smallest absolute Gasteiger partial charge is 0.161 e. The van der Waals surface area contributed by atoms with Crippen LogP contribution in [0, 0.1) is 5.82 Å². The van der Waals surface area contributed by atoms with Gasteiger partial charge < -0.3 is 9.47 Å². The molecule has 4 heteroatoms. The van der Waals surface area contributed by atoms with Gasteiger partial charge in [-0.05, 0) is 53.9 Å². The van der Waals surface area contributed by atoms with Crippen LogP contribution in [0.4, 0.5) is 10.1 Å². The first-order valence-corrected chi connectivity index (χ1v) is 8.87. The highest BCUT2D eigenvalue weighted by Crippen LogP contribution is 2.29. The second kappa shape index (κ2) is 8.99. The van der Waals surface area contributed by atoms with Gasteiger partial charge in [-0.1, -0.05) is 37.3 Å². The highest BCUT2D eigenvalue weighted by Gasteiger charge is 2.07. The Morgan fingerprint density at radius 3 is 2.44 bits per heavy atom. The van der Waals surface area contributed by atoms with E-state index in [0.717, 1.165) is 17.7 Å². The number of rotatable bonds is 7. The molecule has 138 valence electrons. The van der Waals surface area contributed by atoms with Crippen LogP contribution in [0.15, 0.2) is 71.7 Å². The molecule has 3 aromatic rings. The predicted octanol–water partition coefficient (Wildman–Crippen LogP) is 5.73. The van der Waals surface area contributed by atoms with E-state index in [0.29, 0.717) is 17.1 Å². The van der Waals surface area contributed by atoms with E-state index in [1.54, 1.807) is 37.6 Å². The van der Waals surface area contributed by atoms with E-state index in [1.807, 2.05) is 24.3 Å². The van der Waals surface area contributed by atoms with Gasteiger partial charge in [-0.3, -0.25) is 4.99 Å². The summed E-state index contributed by atoms with van der Waals surface area (Å²) in [7, 11) is 1.58. The lowest BCUT2D eigenvalue weighted by atomic mass is 10.1. The number of ether oxygens (including phenoxy) is 2. The van der Waals surface area contributed by atoms with Crippen molar-refractivity contribution in [1.29, 1.82) is 0 Å². The van der Waals surface area contributed by atoms with Gasteiger partial charge >= 0.3 is 0 Å². The summed E-state index contributed by atoms with van der Waals surface area (Å²) in [6, 6.07) is 20.3. The summed E-state index contributed by atoms with van der Waals surface area (Å²) < 4.78 is 24.9. The Hall–Kier alpha value is -3.14. The lowest BCUT2D eigenvalue weighted by Gasteiger charge is -2.11. The third-order valence-electron chi connectivity index (χ3n) is 4.24. The Kier molecular flexibility index (Phi) is 6.21. The van der Waals surface area contributed by atoms with Gasteiger partial charge in [0.15, 0.2) is 11.5 Å². The summed E-state index contributed by atoms with van der Waals surface area (Å²) >= 11 is 0. The SMILES string of the molecule is CCc1ccc(N=Cc2ccc(OCc3ccccc3F)c(OC)c2)cc1. The van der Waals surface area contributed by atoms with Crippen LogP contribution in [0.5, 0.6) is 11.5 Å². The van der Waals surface area contributed by atoms with E-state index >= 15 is 0 Å². The number of nitrogens with zero attached hydrogens (tertiary/aromatic N) is 1. The van der Waals surface area contributed by atoms with Crippen LogP contribution in [0.25, 0.3) is 0 Å². The molecule has 3 nitrogen and oxygen atoms in total. The summed E-state index contributed by atoms with van der Waals surface area (Å²) in [6.07, 6.45) is 2.79. The highest BCUT2D eigenvalue weighted by atomic mass is 19.1. The second-order valence-electron chi connectivity index (χ2n) is 6.07. The molecule has 3 aromatic carbocycles. The molecule has 0 aliphatic rings. The van der Waals surface area contributed by atoms with Gasteiger partial charge in [0.1, 0.15) is 12.4 Å². The average Bonchev–Trinajstić information content (AvgIpc) is 2.72. The number of hydrogen-bond acceptors (Lipinski definition) is 3. The van der Waals surface area contributed by atoms with Gasteiger partial charge in [-0.2, -0.15) is 0 Å². The monoisotopic (exact) mass is 363 g/mol. The molecule has 0 aromatic heterocycles. The Morgan fingerprint density at radius 2 is 1.74 bits per heavy atom. The van der Waals surface area contributed by atoms with Crippen molar-refractivity contribution >= 4 is 11.9 Å². The summed E-state index contributed by atoms with van der Waals surface area (Å²) in [4.78, 5) is 4.49. The largest absolute Gasteiger partial charge is 0.493 e. The van der Waals surface area contributed by atoms with Gasteiger partial charge in [0.05, 0.1) is 12.8 Å². The van der Waals surface area contributed by atoms with Crippen LogP contribution in [0.1, 0.15) is 23.6 Å². The van der Waals surface area contributed by atoms with E-state index in [1.165, 1.54) is 11.6 Å². The quantitative estimate of drug-likeness (QED) is 0.502. The molecular weight excluding hydrogens is 341 g/mol. The summed E-state index contributed by atoms with van der Waals surface area (Å²) in [6.45, 7) is 2.26. The fourth-order valence-electron chi connectivity index (χ4n) is 2.62. The zero-order valence-electron chi connectivity index (χ0n) is 15.5. The molecule has 0 aliphatic heterocycles. The minimum Gasteiger partial charge on any atom is -0.493 e. The highest BCUT2D eigenvalue weighted by molar-refractivity contribution is 5.83. The molecule has 3 rings (SSSR count). The topological polar surface area (TPSA) is 30.8 Å². The van der Waals surface area contributed by atoms with Crippen molar-refractivity contribution in [3.63, 3.8) is 0 Å². The van der Waals surface area contributed by atoms with Crippen LogP contribution in [-0.4, -0.2) is 13.3 Å². The minimum atomic E-state index is -0.283. The summed E-state index contributed by atoms with van der Waals surface area (Å²) in [5.74, 6) is 0.858. The molecule has 0 N–H and O–H groups in total. The van der Waals surface area contributed by atoms with Crippen molar-refractivity contribution in [3.05, 3.63) is 89.2 Å². The lowest BCUT2D eigenvalue weighted by Crippen LogP contribution is -2.00. The first-order chi connectivity index (χ1) is 13.2. The molecule has 0 heterocycles. The average molecular weight is 363 g/mol. The Labute approximate surface area is 159 Å². The molecule has 0 amide bonds. The number of methoxy groups -OCH3 is 1. The van der Waals surface area contributed by atoms with Crippen LogP contribution >= 0.6 is 0 Å². The molecule has 0 aliphatic carbocycles. The maximum Gasteiger partial charge on any atom is 0.161 e. The van der Waals surface area contributed by atoms with Gasteiger partial charge in [0.25, 0.3) is 0 Å². The second-order valence-corrected chi connectivity index (χ2v) is 6.07. The van der Waals surface area contributed by atoms with Crippen LogP contribution < -0.4 is 9.47 Å². The van der Waals surface area contributed by atoms with Crippen LogP contribution in [0.2, 0.25) is 0 Å². The molecule has 0 saturated carbocycles. The molecular formula is C23H22FNO2. The molecule has 0 bridgehead atoms. The van der Waals surface area contributed by atoms with E-state index in [-0.39, 0.29) is 12.4 Å². The van der Waals surface area contributed by atoms with Gasteiger partial charge in [0, 0.05) is 11.8 Å². The fraction of sp³-hybridized carbons (Fsp3) is 0.174. The molecule has 0 atom stereocenters. The Morgan fingerprint density at radius 1 is 0.963 bits per heavy atom. The number of benzene rings is 3. The van der Waals surface area contributed by atoms with Crippen molar-refractivity contribution in [3.8, 4) is 11.5 Å². The van der Waals surface area contributed by atoms with Crippen molar-refractivity contribution in [2.75, 3.05) is 7.11 Å². The molecule has 0 spiro atoms. The number of hydrogen-bond donors (Lipinski definition) is 0. The number of aryl methyl sites for hydroxylation is 1. The minimum absolute atomic E-state index is 0.139. The van der Waals surface area contributed by atoms with Crippen molar-refractivity contribution < 1.29 is 13.9 Å². The van der Waals surface area contributed by atoms with E-state index in [2.05, 4.69) is 24.0 Å². The molecule has 0 fully saturated rings. The number of aliphatic imine (C=N–C) groups is 1. The lowest BCUT2D eigenvalue weighted by molar-refractivity contribution is 0.279. The van der Waals surface area contributed by atoms with Crippen molar-refractivity contribution in [1.82, 2.24) is 0 Å². The predicted molar refractivity (Wildman–Crippen MR) is 107 cm³/mol. The third kappa shape index (κ3) is 4.94. The summed E-state index contributed by atoms with van der Waals surface area (Å²) in [5, 5.41) is 0. The van der Waals surface area contributed by atoms with Crippen LogP contribution in [0.3, 0.4) is 0 Å². The third-order valence-corrected chi connectivity index (χ3v) is 4.24. The maximum absolute atomic E-state index is 13.7. The Balaban J connectivity index is 1.71. The molecule has 0 radical (unpaired) electrons. The molecule has 27 heavy (non-hydrogen) atoms. The molecule has 0 saturated heterocycles. The standard InChI is InChI=1S/C23H22FNO2/c1-3-17-8-11-20(12-9-17)25-15-18-10-13-22(23(14-18)26-2)27-16-19-6-4-5-7-21(19)24/h4-15H,3,16H2,1-2H3. The number of halogens is 1. The van der Waals surface area contributed by atoms with Crippen molar-refractivity contribution in [2.24, 2.45) is 4.99 Å². The first kappa shape index (κ1) is 18.6. The zero-order valence-corrected chi connectivity index (χ0v) is 15.5. The van der Waals surface area contributed by atoms with E-state index in [9.17, 15) is 4.39 Å². The fourth-order valence-corrected chi connectivity index (χ4v) is 2.62. The van der Waals surface area contributed by atoms with Gasteiger partial charge in [-0.25, -0.2) is 4.39 Å². The van der Waals surface area contributed by atoms with E-state index < -0.39 is 0 Å². The zero-order chi connectivity index (χ0) is 19.1. The van der Waals surface area contributed by atoms with Crippen LogP contribution in [-0.2, 0) is 13.0 Å². The first-order valence-electron chi connectivity index (χ1n) is 8.87. The summed E-state index contributed by atoms with van der Waals surface area (Å²) in [5.41, 5.74) is 3.57. The Bertz CT molecular complexity index is 920. The van der Waals surface area contributed by atoms with Crippen molar-refractivity contribution in [2.45, 2.75) is 20.0 Å². The maximum atomic E-state index is 13.7. The normalized spacial score (nSPS) is 10.9. The molecule has 0 unspecified atom stereocenters. The van der Waals surface area contributed by atoms with E-state index in [4.69, 9.17) is 9.47 Å². The van der Waals surface area contributed by atoms with Gasteiger partial charge in [-0.15, -0.1) is 0 Å².